The van der Waals surface area contributed by atoms with E-state index in [-0.39, 0.29) is 5.78 Å². The molecule has 0 bridgehead atoms. The number of hydrogen-bond donors (Lipinski definition) is 2. The molecule has 17 heavy (non-hydrogen) atoms. The molecule has 1 fully saturated rings. The fraction of sp³-hybridized carbons (Fsp3) is 0.500. The van der Waals surface area contributed by atoms with Gasteiger partial charge >= 0.3 is 0 Å². The fourth-order valence-electron chi connectivity index (χ4n) is 2.14. The minimum Gasteiger partial charge on any atom is -0.398 e. The van der Waals surface area contributed by atoms with Crippen molar-refractivity contribution < 1.29 is 4.79 Å². The van der Waals surface area contributed by atoms with E-state index < -0.39 is 0 Å². The van der Waals surface area contributed by atoms with Crippen molar-refractivity contribution in [2.24, 2.45) is 11.3 Å². The number of carbonyl (C=O) groups excluding carboxylic acids is 1. The molecule has 0 aromatic heterocycles. The Morgan fingerprint density at radius 1 is 1.53 bits per heavy atom. The van der Waals surface area contributed by atoms with Crippen molar-refractivity contribution in [2.45, 2.75) is 27.2 Å². The first kappa shape index (κ1) is 12.0. The van der Waals surface area contributed by atoms with Gasteiger partial charge in [0.15, 0.2) is 5.78 Å². The van der Waals surface area contributed by atoms with E-state index in [1.54, 1.807) is 13.0 Å². The zero-order chi connectivity index (χ0) is 12.6. The first-order valence-electron chi connectivity index (χ1n) is 6.04. The number of nitrogens with two attached hydrogens (primary N) is 1. The highest BCUT2D eigenvalue weighted by molar-refractivity contribution is 5.99. The third-order valence-electron chi connectivity index (χ3n) is 3.70. The summed E-state index contributed by atoms with van der Waals surface area (Å²) in [7, 11) is 0. The third-order valence-corrected chi connectivity index (χ3v) is 3.70. The van der Waals surface area contributed by atoms with Crippen LogP contribution in [-0.4, -0.2) is 12.3 Å². The molecule has 3 heteroatoms. The number of nitrogen functional groups attached to an aromatic ring is 1. The molecule has 0 saturated heterocycles. The summed E-state index contributed by atoms with van der Waals surface area (Å²) in [6.07, 6.45) is 1.27. The monoisotopic (exact) mass is 232 g/mol. The maximum absolute atomic E-state index is 11.4. The molecular weight excluding hydrogens is 212 g/mol. The van der Waals surface area contributed by atoms with Crippen molar-refractivity contribution in [3.63, 3.8) is 0 Å². The standard InChI is InChI=1S/C14H20N2O/c1-9(17)12-6-11(4-5-13(12)15)16-8-10-7-14(10,2)3/h4-6,10,16H,7-8,15H2,1-3H3. The molecule has 1 aliphatic rings. The molecule has 1 unspecified atom stereocenters. The zero-order valence-electron chi connectivity index (χ0n) is 10.7. The second-order valence-corrected chi connectivity index (χ2v) is 5.63. The summed E-state index contributed by atoms with van der Waals surface area (Å²) >= 11 is 0. The molecule has 1 atom stereocenters. The second-order valence-electron chi connectivity index (χ2n) is 5.63. The molecule has 1 aromatic rings. The van der Waals surface area contributed by atoms with Gasteiger partial charge in [-0.2, -0.15) is 0 Å². The van der Waals surface area contributed by atoms with Gasteiger partial charge in [-0.3, -0.25) is 4.79 Å². The lowest BCUT2D eigenvalue weighted by molar-refractivity contribution is 0.101. The fourth-order valence-corrected chi connectivity index (χ4v) is 2.14. The number of Topliss-reactive ketones (excluding diaryl/α,β-unsaturated/α-hetero) is 1. The van der Waals surface area contributed by atoms with Gasteiger partial charge in [-0.05, 0) is 42.9 Å². The Labute approximate surface area is 102 Å². The summed E-state index contributed by atoms with van der Waals surface area (Å²) in [6, 6.07) is 5.56. The smallest absolute Gasteiger partial charge is 0.161 e. The van der Waals surface area contributed by atoms with Crippen LogP contribution < -0.4 is 11.1 Å². The summed E-state index contributed by atoms with van der Waals surface area (Å²) in [4.78, 5) is 11.4. The number of hydrogen-bond acceptors (Lipinski definition) is 3. The normalized spacial score (nSPS) is 21.0. The van der Waals surface area contributed by atoms with Gasteiger partial charge in [0.1, 0.15) is 0 Å². The van der Waals surface area contributed by atoms with Crippen LogP contribution in [0.1, 0.15) is 37.6 Å². The van der Waals surface area contributed by atoms with E-state index in [0.717, 1.165) is 18.2 Å². The van der Waals surface area contributed by atoms with Crippen molar-refractivity contribution in [3.8, 4) is 0 Å². The minimum atomic E-state index is 0.0119. The van der Waals surface area contributed by atoms with E-state index >= 15 is 0 Å². The van der Waals surface area contributed by atoms with Gasteiger partial charge in [-0.15, -0.1) is 0 Å². The van der Waals surface area contributed by atoms with Gasteiger partial charge in [-0.25, -0.2) is 0 Å². The van der Waals surface area contributed by atoms with Crippen molar-refractivity contribution in [1.29, 1.82) is 0 Å². The Kier molecular flexibility index (Phi) is 2.86. The van der Waals surface area contributed by atoms with E-state index in [1.165, 1.54) is 6.42 Å². The molecule has 3 nitrogen and oxygen atoms in total. The Balaban J connectivity index is 2.02. The van der Waals surface area contributed by atoms with Gasteiger partial charge in [0.05, 0.1) is 0 Å². The van der Waals surface area contributed by atoms with E-state index in [0.29, 0.717) is 16.7 Å². The van der Waals surface area contributed by atoms with Crippen LogP contribution in [0.5, 0.6) is 0 Å². The molecule has 0 aliphatic heterocycles. The minimum absolute atomic E-state index is 0.0119. The van der Waals surface area contributed by atoms with Gasteiger partial charge in [0.2, 0.25) is 0 Å². The average molecular weight is 232 g/mol. The maximum Gasteiger partial charge on any atom is 0.161 e. The third kappa shape index (κ3) is 2.60. The quantitative estimate of drug-likeness (QED) is 0.620. The number of carbonyl (C=O) groups is 1. The highest BCUT2D eigenvalue weighted by atomic mass is 16.1. The number of benzene rings is 1. The van der Waals surface area contributed by atoms with Gasteiger partial charge in [0.25, 0.3) is 0 Å². The summed E-state index contributed by atoms with van der Waals surface area (Å²) in [5, 5.41) is 3.38. The van der Waals surface area contributed by atoms with Crippen molar-refractivity contribution in [2.75, 3.05) is 17.6 Å². The summed E-state index contributed by atoms with van der Waals surface area (Å²) in [5.41, 5.74) is 8.36. The number of nitrogens with one attached hydrogen (secondary N) is 1. The lowest BCUT2D eigenvalue weighted by atomic mass is 10.1. The maximum atomic E-state index is 11.4. The van der Waals surface area contributed by atoms with Crippen LogP contribution in [0.4, 0.5) is 11.4 Å². The summed E-state index contributed by atoms with van der Waals surface area (Å²) < 4.78 is 0. The van der Waals surface area contributed by atoms with Crippen molar-refractivity contribution in [1.82, 2.24) is 0 Å². The highest BCUT2D eigenvalue weighted by Gasteiger charge is 2.44. The topological polar surface area (TPSA) is 55.1 Å². The molecule has 0 heterocycles. The Morgan fingerprint density at radius 2 is 2.18 bits per heavy atom. The predicted octanol–water partition coefficient (Wildman–Crippen LogP) is 2.93. The first-order valence-corrected chi connectivity index (χ1v) is 6.04. The molecule has 1 aliphatic carbocycles. The largest absolute Gasteiger partial charge is 0.398 e. The molecule has 0 radical (unpaired) electrons. The molecule has 0 amide bonds. The molecule has 1 saturated carbocycles. The molecular formula is C14H20N2O. The zero-order valence-corrected chi connectivity index (χ0v) is 10.7. The van der Waals surface area contributed by atoms with Crippen LogP contribution in [-0.2, 0) is 0 Å². The lowest BCUT2D eigenvalue weighted by Crippen LogP contribution is -2.08. The molecule has 92 valence electrons. The summed E-state index contributed by atoms with van der Waals surface area (Å²) in [5.74, 6) is 0.749. The van der Waals surface area contributed by atoms with Crippen LogP contribution in [0.15, 0.2) is 18.2 Å². The van der Waals surface area contributed by atoms with Crippen LogP contribution in [0.2, 0.25) is 0 Å². The van der Waals surface area contributed by atoms with Gasteiger partial charge in [0, 0.05) is 23.5 Å². The molecule has 3 N–H and O–H groups in total. The van der Waals surface area contributed by atoms with Crippen molar-refractivity contribution in [3.05, 3.63) is 23.8 Å². The highest BCUT2D eigenvalue weighted by Crippen LogP contribution is 2.51. The Morgan fingerprint density at radius 3 is 2.71 bits per heavy atom. The number of rotatable bonds is 4. The SMILES string of the molecule is CC(=O)c1cc(NCC2CC2(C)C)ccc1N. The first-order chi connectivity index (χ1) is 7.90. The second kappa shape index (κ2) is 4.06. The van der Waals surface area contributed by atoms with E-state index in [1.807, 2.05) is 12.1 Å². The van der Waals surface area contributed by atoms with Crippen LogP contribution in [0.3, 0.4) is 0 Å². The Bertz CT molecular complexity index is 452. The van der Waals surface area contributed by atoms with Crippen LogP contribution >= 0.6 is 0 Å². The molecule has 2 rings (SSSR count). The van der Waals surface area contributed by atoms with Gasteiger partial charge in [-0.1, -0.05) is 13.8 Å². The number of ketones is 1. The predicted molar refractivity (Wildman–Crippen MR) is 71.2 cm³/mol. The average Bonchev–Trinajstić information content (AvgIpc) is 2.85. The van der Waals surface area contributed by atoms with Crippen molar-refractivity contribution >= 4 is 17.2 Å². The van der Waals surface area contributed by atoms with Gasteiger partial charge < -0.3 is 11.1 Å². The lowest BCUT2D eigenvalue weighted by Gasteiger charge is -2.10. The van der Waals surface area contributed by atoms with E-state index in [4.69, 9.17) is 5.73 Å². The number of anilines is 2. The van der Waals surface area contributed by atoms with Crippen LogP contribution in [0.25, 0.3) is 0 Å². The van der Waals surface area contributed by atoms with Crippen LogP contribution in [0, 0.1) is 11.3 Å². The molecule has 1 aromatic carbocycles. The summed E-state index contributed by atoms with van der Waals surface area (Å²) in [6.45, 7) is 7.07. The Hall–Kier alpha value is -1.51. The molecule has 0 spiro atoms. The van der Waals surface area contributed by atoms with E-state index in [2.05, 4.69) is 19.2 Å². The van der Waals surface area contributed by atoms with E-state index in [9.17, 15) is 4.79 Å².